The second-order valence-corrected chi connectivity index (χ2v) is 9.10. The number of nitrogens with zero attached hydrogens (tertiary/aromatic N) is 1. The number of aliphatic hydroxyl groups excluding tert-OH is 1. The first-order valence-electron chi connectivity index (χ1n) is 8.06. The van der Waals surface area contributed by atoms with Crippen molar-refractivity contribution in [3.63, 3.8) is 0 Å². The van der Waals surface area contributed by atoms with E-state index in [1.54, 1.807) is 4.31 Å². The molecule has 0 aromatic carbocycles. The third-order valence-corrected chi connectivity index (χ3v) is 6.17. The summed E-state index contributed by atoms with van der Waals surface area (Å²) in [7, 11) is -3.09. The molecule has 4 unspecified atom stereocenters. The van der Waals surface area contributed by atoms with Crippen molar-refractivity contribution in [2.45, 2.75) is 52.1 Å². The van der Waals surface area contributed by atoms with Gasteiger partial charge in [-0.1, -0.05) is 18.6 Å². The molecule has 0 aromatic rings. The molecule has 1 N–H and O–H groups in total. The molecule has 1 aliphatic heterocycles. The summed E-state index contributed by atoms with van der Waals surface area (Å²) in [5.41, 5.74) is 1.37. The lowest BCUT2D eigenvalue weighted by Crippen LogP contribution is -2.41. The molecule has 0 saturated carbocycles. The first-order valence-corrected chi connectivity index (χ1v) is 9.91. The summed E-state index contributed by atoms with van der Waals surface area (Å²) < 4.78 is 24.9. The van der Waals surface area contributed by atoms with Crippen LogP contribution in [0.1, 0.15) is 46.0 Å². The molecule has 0 aromatic heterocycles. The molecule has 0 spiro atoms. The van der Waals surface area contributed by atoms with Gasteiger partial charge in [0.1, 0.15) is 0 Å². The fraction of sp³-hybridized carbons (Fsp3) is 0.875. The van der Waals surface area contributed by atoms with Crippen molar-refractivity contribution in [2.24, 2.45) is 17.8 Å². The zero-order chi connectivity index (χ0) is 15.6. The average molecular weight is 315 g/mol. The number of aliphatic hydroxyl groups is 1. The molecular formula is C16H29NO3S. The Kier molecular flexibility index (Phi) is 5.49. The first-order chi connectivity index (χ1) is 9.75. The van der Waals surface area contributed by atoms with Gasteiger partial charge in [0.2, 0.25) is 10.0 Å². The maximum atomic E-state index is 11.7. The van der Waals surface area contributed by atoms with Crippen LogP contribution in [-0.4, -0.2) is 43.3 Å². The van der Waals surface area contributed by atoms with E-state index in [4.69, 9.17) is 0 Å². The molecule has 0 bridgehead atoms. The normalized spacial score (nSPS) is 33.5. The topological polar surface area (TPSA) is 57.6 Å². The van der Waals surface area contributed by atoms with E-state index < -0.39 is 10.0 Å². The molecule has 0 amide bonds. The smallest absolute Gasteiger partial charge is 0.211 e. The lowest BCUT2D eigenvalue weighted by Gasteiger charge is -2.35. The molecule has 122 valence electrons. The Balaban J connectivity index is 1.90. The highest BCUT2D eigenvalue weighted by Crippen LogP contribution is 2.33. The second kappa shape index (κ2) is 6.80. The van der Waals surface area contributed by atoms with Gasteiger partial charge in [-0.25, -0.2) is 12.7 Å². The molecule has 4 nitrogen and oxygen atoms in total. The quantitative estimate of drug-likeness (QED) is 0.811. The summed E-state index contributed by atoms with van der Waals surface area (Å²) in [6.45, 7) is 5.55. The van der Waals surface area contributed by atoms with Crippen LogP contribution in [0.5, 0.6) is 0 Å². The van der Waals surface area contributed by atoms with Crippen molar-refractivity contribution in [1.29, 1.82) is 0 Å². The van der Waals surface area contributed by atoms with E-state index >= 15 is 0 Å². The zero-order valence-corrected chi connectivity index (χ0v) is 14.3. The summed E-state index contributed by atoms with van der Waals surface area (Å²) in [5, 5.41) is 10.6. The van der Waals surface area contributed by atoms with Gasteiger partial charge in [0, 0.05) is 13.1 Å². The predicted octanol–water partition coefficient (Wildman–Crippen LogP) is 2.40. The SMILES string of the molecule is CC1=CC(C)CC(C(O)CC2CCCN(S(C)(=O)=O)C2)C1. The van der Waals surface area contributed by atoms with E-state index in [0.717, 1.165) is 32.1 Å². The monoisotopic (exact) mass is 315 g/mol. The maximum absolute atomic E-state index is 11.7. The van der Waals surface area contributed by atoms with E-state index in [1.807, 2.05) is 0 Å². The molecule has 1 saturated heterocycles. The van der Waals surface area contributed by atoms with E-state index in [1.165, 1.54) is 11.8 Å². The summed E-state index contributed by atoms with van der Waals surface area (Å²) >= 11 is 0. The number of allylic oxidation sites excluding steroid dienone is 2. The average Bonchev–Trinajstić information content (AvgIpc) is 2.37. The van der Waals surface area contributed by atoms with Crippen molar-refractivity contribution in [3.05, 3.63) is 11.6 Å². The number of piperidine rings is 1. The first kappa shape index (κ1) is 17.0. The van der Waals surface area contributed by atoms with Crippen molar-refractivity contribution in [1.82, 2.24) is 4.31 Å². The summed E-state index contributed by atoms with van der Waals surface area (Å²) in [6.07, 6.45) is 7.97. The molecular weight excluding hydrogens is 286 g/mol. The van der Waals surface area contributed by atoms with Crippen LogP contribution in [0.3, 0.4) is 0 Å². The minimum absolute atomic E-state index is 0.296. The van der Waals surface area contributed by atoms with Crippen LogP contribution in [-0.2, 0) is 10.0 Å². The van der Waals surface area contributed by atoms with Crippen molar-refractivity contribution >= 4 is 10.0 Å². The summed E-state index contributed by atoms with van der Waals surface area (Å²) in [5.74, 6) is 1.17. The summed E-state index contributed by atoms with van der Waals surface area (Å²) in [6, 6.07) is 0. The third kappa shape index (κ3) is 4.80. The minimum atomic E-state index is -3.09. The number of hydrogen-bond donors (Lipinski definition) is 1. The molecule has 4 atom stereocenters. The highest BCUT2D eigenvalue weighted by atomic mass is 32.2. The fourth-order valence-electron chi connectivity index (χ4n) is 3.94. The van der Waals surface area contributed by atoms with Gasteiger partial charge in [0.25, 0.3) is 0 Å². The Morgan fingerprint density at radius 1 is 1.48 bits per heavy atom. The Morgan fingerprint density at radius 3 is 2.81 bits per heavy atom. The standard InChI is InChI=1S/C16H29NO3S/c1-12-7-13(2)9-15(8-12)16(18)10-14-5-4-6-17(11-14)21(3,19)20/h7,12,14-16,18H,4-6,8-11H2,1-3H3. The summed E-state index contributed by atoms with van der Waals surface area (Å²) in [4.78, 5) is 0. The van der Waals surface area contributed by atoms with Crippen molar-refractivity contribution in [2.75, 3.05) is 19.3 Å². The van der Waals surface area contributed by atoms with Gasteiger partial charge in [-0.2, -0.15) is 0 Å². The van der Waals surface area contributed by atoms with Crippen molar-refractivity contribution < 1.29 is 13.5 Å². The Labute approximate surface area is 129 Å². The van der Waals surface area contributed by atoms with Gasteiger partial charge in [-0.3, -0.25) is 0 Å². The van der Waals surface area contributed by atoms with E-state index in [9.17, 15) is 13.5 Å². The molecule has 1 aliphatic carbocycles. The number of rotatable bonds is 4. The Morgan fingerprint density at radius 2 is 2.19 bits per heavy atom. The van der Waals surface area contributed by atoms with Gasteiger partial charge in [0.15, 0.2) is 0 Å². The zero-order valence-electron chi connectivity index (χ0n) is 13.5. The van der Waals surface area contributed by atoms with Crippen LogP contribution in [0.4, 0.5) is 0 Å². The lowest BCUT2D eigenvalue weighted by atomic mass is 9.77. The van der Waals surface area contributed by atoms with E-state index in [2.05, 4.69) is 19.9 Å². The van der Waals surface area contributed by atoms with Gasteiger partial charge in [-0.15, -0.1) is 0 Å². The molecule has 2 aliphatic rings. The minimum Gasteiger partial charge on any atom is -0.393 e. The van der Waals surface area contributed by atoms with Crippen molar-refractivity contribution in [3.8, 4) is 0 Å². The Hall–Kier alpha value is -0.390. The highest BCUT2D eigenvalue weighted by molar-refractivity contribution is 7.88. The van der Waals surface area contributed by atoms with E-state index in [-0.39, 0.29) is 6.10 Å². The molecule has 0 radical (unpaired) electrons. The predicted molar refractivity (Wildman–Crippen MR) is 85.4 cm³/mol. The van der Waals surface area contributed by atoms with Gasteiger partial charge >= 0.3 is 0 Å². The third-order valence-electron chi connectivity index (χ3n) is 4.90. The Bertz CT molecular complexity index is 486. The largest absolute Gasteiger partial charge is 0.393 e. The van der Waals surface area contributed by atoms with Crippen LogP contribution < -0.4 is 0 Å². The van der Waals surface area contributed by atoms with Gasteiger partial charge in [0.05, 0.1) is 12.4 Å². The van der Waals surface area contributed by atoms with E-state index in [0.29, 0.717) is 30.8 Å². The van der Waals surface area contributed by atoms with Gasteiger partial charge < -0.3 is 5.11 Å². The van der Waals surface area contributed by atoms with Crippen LogP contribution in [0.2, 0.25) is 0 Å². The molecule has 2 rings (SSSR count). The molecule has 1 fully saturated rings. The second-order valence-electron chi connectivity index (χ2n) is 7.12. The van der Waals surface area contributed by atoms with Crippen LogP contribution in [0.25, 0.3) is 0 Å². The molecule has 21 heavy (non-hydrogen) atoms. The number of hydrogen-bond acceptors (Lipinski definition) is 3. The van der Waals surface area contributed by atoms with Crippen LogP contribution >= 0.6 is 0 Å². The van der Waals surface area contributed by atoms with Crippen LogP contribution in [0, 0.1) is 17.8 Å². The maximum Gasteiger partial charge on any atom is 0.211 e. The molecule has 1 heterocycles. The number of sulfonamides is 1. The lowest BCUT2D eigenvalue weighted by molar-refractivity contribution is 0.0593. The fourth-order valence-corrected chi connectivity index (χ4v) is 4.89. The highest BCUT2D eigenvalue weighted by Gasteiger charge is 2.31. The van der Waals surface area contributed by atoms with Crippen LogP contribution in [0.15, 0.2) is 11.6 Å². The van der Waals surface area contributed by atoms with Gasteiger partial charge in [-0.05, 0) is 56.8 Å². The molecule has 5 heteroatoms.